The lowest BCUT2D eigenvalue weighted by atomic mass is 9.79. The van der Waals surface area contributed by atoms with E-state index in [1.54, 1.807) is 17.3 Å². The van der Waals surface area contributed by atoms with E-state index in [-0.39, 0.29) is 0 Å². The second kappa shape index (κ2) is 8.42. The summed E-state index contributed by atoms with van der Waals surface area (Å²) >= 11 is 1.78. The zero-order valence-electron chi connectivity index (χ0n) is 16.6. The monoisotopic (exact) mass is 395 g/mol. The highest BCUT2D eigenvalue weighted by atomic mass is 32.2. The van der Waals surface area contributed by atoms with Crippen LogP contribution in [-0.2, 0) is 6.42 Å². The Hall–Kier alpha value is -2.58. The number of allylic oxidation sites excluding steroid dienone is 4. The fraction of sp³-hybridized carbons (Fsp3) is 0.222. The first-order chi connectivity index (χ1) is 14.4. The van der Waals surface area contributed by atoms with Crippen molar-refractivity contribution in [3.63, 3.8) is 0 Å². The third-order valence-corrected chi connectivity index (χ3v) is 6.71. The summed E-state index contributed by atoms with van der Waals surface area (Å²) in [5, 5.41) is 2.81. The van der Waals surface area contributed by atoms with Gasteiger partial charge in [0.1, 0.15) is 0 Å². The van der Waals surface area contributed by atoms with E-state index in [9.17, 15) is 0 Å². The average molecular weight is 396 g/mol. The molecule has 1 heterocycles. The van der Waals surface area contributed by atoms with Gasteiger partial charge in [0.15, 0.2) is 0 Å². The first-order valence-corrected chi connectivity index (χ1v) is 11.6. The van der Waals surface area contributed by atoms with Crippen LogP contribution in [0.25, 0.3) is 27.5 Å². The molecule has 0 saturated carbocycles. The number of fused-ring (bicyclic) bond motifs is 4. The second-order valence-corrected chi connectivity index (χ2v) is 8.65. The van der Waals surface area contributed by atoms with Crippen molar-refractivity contribution < 1.29 is 0 Å². The molecule has 3 aromatic rings. The molecule has 29 heavy (non-hydrogen) atoms. The Labute approximate surface area is 177 Å². The lowest BCUT2D eigenvalue weighted by molar-refractivity contribution is 0.831. The van der Waals surface area contributed by atoms with Crippen LogP contribution in [0, 0.1) is 0 Å². The van der Waals surface area contributed by atoms with E-state index in [1.807, 2.05) is 5.55 Å². The number of thioether (sulfide) groups is 1. The van der Waals surface area contributed by atoms with Crippen molar-refractivity contribution >= 4 is 33.7 Å². The molecule has 0 atom stereocenters. The molecule has 1 nitrogen and oxygen atoms in total. The van der Waals surface area contributed by atoms with Gasteiger partial charge in [-0.15, -0.1) is 11.8 Å². The van der Waals surface area contributed by atoms with Crippen LogP contribution in [-0.4, -0.2) is 17.8 Å². The summed E-state index contributed by atoms with van der Waals surface area (Å²) in [4.78, 5) is 3.92. The quantitative estimate of drug-likeness (QED) is 0.420. The van der Waals surface area contributed by atoms with Crippen LogP contribution in [0.3, 0.4) is 0 Å². The summed E-state index contributed by atoms with van der Waals surface area (Å²) in [6.07, 6.45) is 9.54. The third kappa shape index (κ3) is 3.70. The van der Waals surface area contributed by atoms with Gasteiger partial charge in [-0.2, -0.15) is 0 Å². The van der Waals surface area contributed by atoms with Gasteiger partial charge in [-0.1, -0.05) is 78.4 Å². The first-order valence-electron chi connectivity index (χ1n) is 10.5. The minimum absolute atomic E-state index is 1.03. The Morgan fingerprint density at radius 2 is 1.69 bits per heavy atom. The predicted molar refractivity (Wildman–Crippen MR) is 129 cm³/mol. The van der Waals surface area contributed by atoms with Crippen LogP contribution in [0.2, 0.25) is 0 Å². The molecule has 0 saturated heterocycles. The summed E-state index contributed by atoms with van der Waals surface area (Å²) in [5.41, 5.74) is 10.7. The normalized spacial score (nSPS) is 17.0. The highest BCUT2D eigenvalue weighted by molar-refractivity contribution is 8.12. The van der Waals surface area contributed by atoms with Crippen molar-refractivity contribution in [3.05, 3.63) is 89.5 Å². The molecule has 0 amide bonds. The maximum Gasteiger partial charge on any atom is 0.0542 e. The van der Waals surface area contributed by atoms with E-state index in [2.05, 4.69) is 77.8 Å². The Balaban J connectivity index is 0.000000319. The van der Waals surface area contributed by atoms with Crippen molar-refractivity contribution in [3.8, 4) is 11.1 Å². The topological polar surface area (TPSA) is 12.4 Å². The highest BCUT2D eigenvalue weighted by Crippen LogP contribution is 2.41. The van der Waals surface area contributed by atoms with Gasteiger partial charge >= 0.3 is 0 Å². The third-order valence-electron chi connectivity index (χ3n) is 5.99. The maximum atomic E-state index is 3.92. The van der Waals surface area contributed by atoms with Crippen LogP contribution in [0.5, 0.6) is 0 Å². The maximum absolute atomic E-state index is 3.92. The molecule has 6 rings (SSSR count). The van der Waals surface area contributed by atoms with Gasteiger partial charge in [-0.3, -0.25) is 4.99 Å². The molecular weight excluding hydrogens is 370 g/mol. The van der Waals surface area contributed by atoms with E-state index >= 15 is 0 Å². The van der Waals surface area contributed by atoms with E-state index < -0.39 is 0 Å². The molecule has 0 spiro atoms. The smallest absolute Gasteiger partial charge is 0.0542 e. The largest absolute Gasteiger partial charge is 0.285 e. The van der Waals surface area contributed by atoms with Gasteiger partial charge in [-0.25, -0.2) is 0 Å². The van der Waals surface area contributed by atoms with Gasteiger partial charge in [0.05, 0.1) is 5.55 Å². The molecule has 3 aliphatic rings. The first kappa shape index (κ1) is 18.4. The summed E-state index contributed by atoms with van der Waals surface area (Å²) in [6, 6.07) is 22.2. The van der Waals surface area contributed by atoms with Crippen LogP contribution >= 0.6 is 11.8 Å². The van der Waals surface area contributed by atoms with Gasteiger partial charge in [0.25, 0.3) is 0 Å². The van der Waals surface area contributed by atoms with Crippen LogP contribution < -0.4 is 0 Å². The molecule has 0 aromatic heterocycles. The van der Waals surface area contributed by atoms with Gasteiger partial charge in [0.2, 0.25) is 0 Å². The van der Waals surface area contributed by atoms with E-state index in [1.165, 1.54) is 70.0 Å². The molecule has 0 N–H and O–H groups in total. The number of rotatable bonds is 1. The number of aryl methyl sites for hydroxylation is 1. The standard InChI is InChI=1S/C24H20.C3H5NS/c1-2-7-17(8-3-1)20-11-6-12-21-22(20)15-16-23-19-10-5-4-9-18(19)13-14-24(21)23;1-2-5-3-4-1/h1-3,5-8,10-12,15-16H,4,9,13-14H2;3H,1-2H2. The Bertz CT molecular complexity index is 1120. The summed E-state index contributed by atoms with van der Waals surface area (Å²) in [7, 11) is 0. The molecule has 144 valence electrons. The van der Waals surface area contributed by atoms with E-state index in [0.29, 0.717) is 0 Å². The molecule has 2 heteroatoms. The van der Waals surface area contributed by atoms with Crippen molar-refractivity contribution in [2.75, 3.05) is 12.3 Å². The SMILES string of the molecule is C1=CC2=C(CC1)CCc1c2ccc2c(-c3ccccc3)cccc12.C1=NCCS1. The molecule has 0 unspecified atom stereocenters. The van der Waals surface area contributed by atoms with Crippen LogP contribution in [0.4, 0.5) is 0 Å². The highest BCUT2D eigenvalue weighted by Gasteiger charge is 2.21. The Morgan fingerprint density at radius 1 is 0.759 bits per heavy atom. The molecule has 3 aromatic carbocycles. The zero-order chi connectivity index (χ0) is 19.5. The number of aliphatic imine (C=N–C) groups is 1. The van der Waals surface area contributed by atoms with Crippen LogP contribution in [0.15, 0.2) is 83.4 Å². The van der Waals surface area contributed by atoms with Gasteiger partial charge in [0, 0.05) is 12.3 Å². The van der Waals surface area contributed by atoms with E-state index in [4.69, 9.17) is 0 Å². The van der Waals surface area contributed by atoms with Crippen molar-refractivity contribution in [1.29, 1.82) is 0 Å². The molecular formula is C27H25NS. The van der Waals surface area contributed by atoms with Crippen molar-refractivity contribution in [1.82, 2.24) is 0 Å². The van der Waals surface area contributed by atoms with Gasteiger partial charge in [-0.05, 0) is 64.3 Å². The molecule has 0 bridgehead atoms. The molecule has 1 aliphatic heterocycles. The summed E-state index contributed by atoms with van der Waals surface area (Å²) in [5.74, 6) is 1.19. The number of nitrogens with zero attached hydrogens (tertiary/aromatic N) is 1. The number of benzene rings is 3. The van der Waals surface area contributed by atoms with Gasteiger partial charge < -0.3 is 0 Å². The molecule has 0 fully saturated rings. The predicted octanol–water partition coefficient (Wildman–Crippen LogP) is 7.32. The van der Waals surface area contributed by atoms with E-state index in [0.717, 1.165) is 6.54 Å². The lowest BCUT2D eigenvalue weighted by Crippen LogP contribution is -2.07. The Kier molecular flexibility index (Phi) is 5.36. The van der Waals surface area contributed by atoms with Crippen molar-refractivity contribution in [2.24, 2.45) is 4.99 Å². The lowest BCUT2D eigenvalue weighted by Gasteiger charge is -2.26. The zero-order valence-corrected chi connectivity index (χ0v) is 17.4. The number of hydrogen-bond donors (Lipinski definition) is 0. The van der Waals surface area contributed by atoms with Crippen LogP contribution in [0.1, 0.15) is 30.4 Å². The second-order valence-electron chi connectivity index (χ2n) is 7.70. The molecule has 2 aliphatic carbocycles. The summed E-state index contributed by atoms with van der Waals surface area (Å²) in [6.45, 7) is 1.03. The average Bonchev–Trinajstić information content (AvgIpc) is 3.39. The number of hydrogen-bond acceptors (Lipinski definition) is 2. The van der Waals surface area contributed by atoms with Crippen molar-refractivity contribution in [2.45, 2.75) is 25.7 Å². The molecule has 0 radical (unpaired) electrons. The minimum Gasteiger partial charge on any atom is -0.285 e. The summed E-state index contributed by atoms with van der Waals surface area (Å²) < 4.78 is 0. The fourth-order valence-electron chi connectivity index (χ4n) is 4.60. The Morgan fingerprint density at radius 3 is 2.48 bits per heavy atom. The minimum atomic E-state index is 1.03. The fourth-order valence-corrected chi connectivity index (χ4v) is 5.13.